The molecule has 2 unspecified atom stereocenters. The van der Waals surface area contributed by atoms with Crippen molar-refractivity contribution in [2.75, 3.05) is 40.6 Å². The summed E-state index contributed by atoms with van der Waals surface area (Å²) < 4.78 is 131. The zero-order valence-electron chi connectivity index (χ0n) is 47.8. The van der Waals surface area contributed by atoms with E-state index in [9.17, 15) is 62.5 Å². The fraction of sp³-hybridized carbons (Fsp3) is 0.491. The van der Waals surface area contributed by atoms with E-state index in [0.717, 1.165) is 18.5 Å². The summed E-state index contributed by atoms with van der Waals surface area (Å²) in [5.41, 5.74) is -0.788. The quantitative estimate of drug-likeness (QED) is 0.0177. The Morgan fingerprint density at radius 1 is 0.663 bits per heavy atom. The van der Waals surface area contributed by atoms with Gasteiger partial charge in [-0.15, -0.1) is 0 Å². The third-order valence-corrected chi connectivity index (χ3v) is 15.3. The number of aliphatic hydroxyl groups is 5. The second-order valence-corrected chi connectivity index (χ2v) is 21.4. The topological polar surface area (TPSA) is 390 Å². The number of furan rings is 2. The molecule has 0 amide bonds. The Bertz CT molecular complexity index is 3610. The van der Waals surface area contributed by atoms with Gasteiger partial charge in [0.2, 0.25) is 12.5 Å². The second kappa shape index (κ2) is 30.2. The van der Waals surface area contributed by atoms with Crippen molar-refractivity contribution in [1.82, 2.24) is 29.3 Å². The monoisotopic (exact) mass is 1290 g/mol. The molecule has 4 aromatic heterocycles. The molecular formula is C55H67F4N6O23P. The number of nitrogens with one attached hydrogen (secondary N) is 2. The van der Waals surface area contributed by atoms with Crippen LogP contribution in [-0.4, -0.2) is 158 Å². The van der Waals surface area contributed by atoms with Gasteiger partial charge in [-0.3, -0.25) is 32.9 Å². The summed E-state index contributed by atoms with van der Waals surface area (Å²) in [6.45, 7) is 2.66. The molecule has 0 spiro atoms. The van der Waals surface area contributed by atoms with E-state index >= 15 is 8.78 Å². The van der Waals surface area contributed by atoms with Gasteiger partial charge in [-0.1, -0.05) is 7.43 Å². The number of methoxy groups -OCH3 is 2. The Balaban J connectivity index is 0.000000303. The molecule has 0 saturated carbocycles. The van der Waals surface area contributed by atoms with E-state index in [2.05, 4.69) is 20.1 Å². The molecule has 2 aliphatic rings. The zero-order valence-corrected chi connectivity index (χ0v) is 48.7. The molecule has 0 bridgehead atoms. The van der Waals surface area contributed by atoms with Crippen molar-refractivity contribution in [1.29, 1.82) is 0 Å². The summed E-state index contributed by atoms with van der Waals surface area (Å²) in [6.07, 6.45) is -12.0. The SMILES string of the molecule is C.CCOC(=O)[C@H](C)NP(=O)(N[C@@H](C)C(=O)OCC)OC[C@H]1OC(n2ccc(CC(=O)OCc3cc4cc(OC)cc(CO)c4o3)nc2=O)C(F)(F)[C@@H]1O.COc1cc(CO)c2oc(COC(=O)Cc3ccn(C4O[C@H](CO)[C@@H](O)C4(F)F)c(=O)n3)cc2c1. The second-order valence-electron chi connectivity index (χ2n) is 19.6. The number of alkyl halides is 4. The van der Waals surface area contributed by atoms with Crippen molar-refractivity contribution in [2.24, 2.45) is 0 Å². The van der Waals surface area contributed by atoms with Crippen LogP contribution in [0.25, 0.3) is 21.9 Å². The van der Waals surface area contributed by atoms with Crippen molar-refractivity contribution in [3.8, 4) is 11.5 Å². The molecule has 8 atom stereocenters. The van der Waals surface area contributed by atoms with Gasteiger partial charge >= 0.3 is 54.8 Å². The number of fused-ring (bicyclic) bond motifs is 2. The maximum atomic E-state index is 15.3. The number of carbonyl (C=O) groups excluding carboxylic acids is 4. The van der Waals surface area contributed by atoms with Crippen LogP contribution in [0.15, 0.2) is 79.3 Å². The van der Waals surface area contributed by atoms with Crippen molar-refractivity contribution >= 4 is 53.5 Å². The summed E-state index contributed by atoms with van der Waals surface area (Å²) in [6, 6.07) is 9.55. The van der Waals surface area contributed by atoms with Crippen LogP contribution in [-0.2, 0) is 96.0 Å². The third kappa shape index (κ3) is 16.6. The van der Waals surface area contributed by atoms with Gasteiger partial charge in [0.05, 0.1) is 78.1 Å². The van der Waals surface area contributed by atoms with Gasteiger partial charge in [-0.25, -0.2) is 19.8 Å². The van der Waals surface area contributed by atoms with Crippen LogP contribution < -0.4 is 31.0 Å². The lowest BCUT2D eigenvalue weighted by atomic mass is 10.1. The van der Waals surface area contributed by atoms with Gasteiger partial charge in [0, 0.05) is 34.3 Å². The number of nitrogens with zero attached hydrogens (tertiary/aromatic N) is 4. The minimum Gasteiger partial charge on any atom is -0.497 e. The number of hydrogen-bond donors (Lipinski definition) is 7. The Morgan fingerprint density at radius 2 is 1.07 bits per heavy atom. The maximum Gasteiger partial charge on any atom is 0.350 e. The molecule has 8 rings (SSSR count). The first-order chi connectivity index (χ1) is 41.7. The predicted octanol–water partition coefficient (Wildman–Crippen LogP) is 3.18. The minimum atomic E-state index is -4.45. The molecule has 0 aliphatic carbocycles. The molecule has 6 aromatic rings. The number of hydrogen-bond acceptors (Lipinski definition) is 25. The molecule has 2 aromatic carbocycles. The molecule has 29 nitrogen and oxygen atoms in total. The Hall–Kier alpha value is -7.69. The predicted molar refractivity (Wildman–Crippen MR) is 297 cm³/mol. The van der Waals surface area contributed by atoms with Gasteiger partial charge in [-0.05, 0) is 76.2 Å². The summed E-state index contributed by atoms with van der Waals surface area (Å²) >= 11 is 0. The number of benzene rings is 2. The molecule has 2 aliphatic heterocycles. The van der Waals surface area contributed by atoms with Gasteiger partial charge < -0.3 is 76.8 Å². The van der Waals surface area contributed by atoms with Gasteiger partial charge in [0.15, 0.2) is 12.2 Å². The third-order valence-electron chi connectivity index (χ3n) is 13.3. The molecule has 7 N–H and O–H groups in total. The van der Waals surface area contributed by atoms with E-state index in [1.54, 1.807) is 50.2 Å². The maximum absolute atomic E-state index is 15.3. The molecule has 2 fully saturated rings. The van der Waals surface area contributed by atoms with Crippen LogP contribution in [0.1, 0.15) is 81.6 Å². The lowest BCUT2D eigenvalue weighted by molar-refractivity contribution is -0.145. The fourth-order valence-electron chi connectivity index (χ4n) is 8.93. The van der Waals surface area contributed by atoms with Crippen LogP contribution in [0.4, 0.5) is 17.6 Å². The van der Waals surface area contributed by atoms with E-state index in [-0.39, 0.29) is 64.2 Å². The molecule has 2 saturated heterocycles. The summed E-state index contributed by atoms with van der Waals surface area (Å²) in [5, 5.41) is 54.3. The fourth-order valence-corrected chi connectivity index (χ4v) is 10.7. The highest BCUT2D eigenvalue weighted by Gasteiger charge is 2.61. The molecular weight excluding hydrogens is 1220 g/mol. The first-order valence-electron chi connectivity index (χ1n) is 26.8. The first-order valence-corrected chi connectivity index (χ1v) is 28.4. The largest absolute Gasteiger partial charge is 0.497 e. The highest BCUT2D eigenvalue weighted by Crippen LogP contribution is 2.46. The number of ether oxygens (including phenoxy) is 8. The Kier molecular flexibility index (Phi) is 23.9. The van der Waals surface area contributed by atoms with Crippen LogP contribution in [0.5, 0.6) is 11.5 Å². The number of aromatic nitrogens is 4. The molecule has 89 heavy (non-hydrogen) atoms. The standard InChI is InChI=1S/C32H41F2N4O14P.C22H22F2N2O9.CH4/c1-6-47-28(42)17(3)36-53(45,37-18(4)29(43)48-7-2)50-16-24-27(41)32(33,34)30(52-24)38-9-8-21(35-31(38)44)13-25(40)49-15-23-11-19-10-22(46-5)12-20(14-39)26(19)51-23;1-32-14-4-11-5-15(34-18(11)12(6-14)8-27)10-33-17(29)7-13-2-3-26(21(31)25-13)20-22(23,24)19(30)16(9-28)35-20;/h8-12,17-18,24,27,30,39,41H,6-7,13-16H2,1-5H3,(H2,36,37,45);2-6,16,19-20,27-28,30H,7-10H2,1H3;1H4/t17-,18-,24+,27+,30?;16-,19-,20?;/m01./s1. The van der Waals surface area contributed by atoms with E-state index in [1.807, 2.05) is 0 Å². The number of aliphatic hydroxyl groups excluding tert-OH is 5. The molecule has 34 heteroatoms. The van der Waals surface area contributed by atoms with Crippen LogP contribution >= 0.6 is 7.67 Å². The van der Waals surface area contributed by atoms with Crippen molar-refractivity contribution < 1.29 is 118 Å². The lowest BCUT2D eigenvalue weighted by Gasteiger charge is -2.27. The highest BCUT2D eigenvalue weighted by molar-refractivity contribution is 7.54. The molecule has 0 radical (unpaired) electrons. The van der Waals surface area contributed by atoms with Gasteiger partial charge in [0.25, 0.3) is 0 Å². The van der Waals surface area contributed by atoms with Crippen LogP contribution in [0.2, 0.25) is 0 Å². The van der Waals surface area contributed by atoms with Crippen LogP contribution in [0, 0.1) is 0 Å². The van der Waals surface area contributed by atoms with Crippen LogP contribution in [0.3, 0.4) is 0 Å². The first kappa shape index (κ1) is 70.4. The minimum absolute atomic E-state index is 0. The summed E-state index contributed by atoms with van der Waals surface area (Å²) in [7, 11) is -1.50. The Labute approximate surface area is 502 Å². The Morgan fingerprint density at radius 3 is 1.43 bits per heavy atom. The lowest BCUT2D eigenvalue weighted by Crippen LogP contribution is -2.44. The van der Waals surface area contributed by atoms with Gasteiger partial charge in [-0.2, -0.15) is 27.5 Å². The molecule has 6 heterocycles. The average molecular weight is 1290 g/mol. The highest BCUT2D eigenvalue weighted by atomic mass is 31.2. The summed E-state index contributed by atoms with van der Waals surface area (Å²) in [4.78, 5) is 81.6. The number of halogens is 4. The van der Waals surface area contributed by atoms with Gasteiger partial charge in [0.1, 0.15) is 71.7 Å². The number of esters is 4. The van der Waals surface area contributed by atoms with E-state index < -0.39 is 130 Å². The molecule has 488 valence electrons. The normalized spacial score (nSPS) is 20.0. The smallest absolute Gasteiger partial charge is 0.350 e. The summed E-state index contributed by atoms with van der Waals surface area (Å²) in [5.74, 6) is -9.63. The van der Waals surface area contributed by atoms with E-state index in [1.165, 1.54) is 34.1 Å². The number of rotatable bonds is 26. The van der Waals surface area contributed by atoms with Crippen molar-refractivity contribution in [3.63, 3.8) is 0 Å². The van der Waals surface area contributed by atoms with Crippen molar-refractivity contribution in [3.05, 3.63) is 116 Å². The number of carbonyl (C=O) groups is 4. The van der Waals surface area contributed by atoms with Crippen molar-refractivity contribution in [2.45, 2.75) is 135 Å². The van der Waals surface area contributed by atoms with E-state index in [4.69, 9.17) is 56.4 Å². The average Bonchev–Trinajstić information content (AvgIpc) is 1.74. The van der Waals surface area contributed by atoms with E-state index in [0.29, 0.717) is 59.5 Å². The zero-order chi connectivity index (χ0) is 64.4.